The van der Waals surface area contributed by atoms with Crippen LogP contribution in [0.5, 0.6) is 0 Å². The Bertz CT molecular complexity index is 605. The molecule has 0 amide bonds. The molecule has 0 radical (unpaired) electrons. The van der Waals surface area contributed by atoms with Gasteiger partial charge in [-0.25, -0.2) is 0 Å². The smallest absolute Gasteiger partial charge is 0.289 e. The highest BCUT2D eigenvalue weighted by molar-refractivity contribution is 6.09. The molecule has 1 atom stereocenters. The van der Waals surface area contributed by atoms with Crippen LogP contribution in [0.2, 0.25) is 0 Å². The Morgan fingerprint density at radius 3 is 2.21 bits per heavy atom. The van der Waals surface area contributed by atoms with E-state index in [9.17, 15) is 14.0 Å². The zero-order chi connectivity index (χ0) is 13.8. The summed E-state index contributed by atoms with van der Waals surface area (Å²) >= 11 is 0. The lowest BCUT2D eigenvalue weighted by Gasteiger charge is -2.08. The molecule has 0 bridgehead atoms. The van der Waals surface area contributed by atoms with E-state index in [2.05, 4.69) is 0 Å². The minimum Gasteiger partial charge on any atom is -0.289 e. The first-order chi connectivity index (χ1) is 9.09. The summed E-state index contributed by atoms with van der Waals surface area (Å²) in [6.07, 6.45) is 0. The van der Waals surface area contributed by atoms with Gasteiger partial charge in [-0.05, 0) is 18.6 Å². The van der Waals surface area contributed by atoms with Crippen molar-refractivity contribution >= 4 is 11.8 Å². The third-order valence-corrected chi connectivity index (χ3v) is 3.03. The number of benzene rings is 2. The zero-order valence-corrected chi connectivity index (χ0v) is 10.5. The maximum atomic E-state index is 12.7. The molecule has 2 aromatic rings. The number of hydrogen-bond acceptors (Lipinski definition) is 2. The molecule has 0 saturated carbocycles. The number of carbonyl (C=O) groups excluding carboxylic acids is 2. The molecule has 0 saturated heterocycles. The quantitative estimate of drug-likeness (QED) is 0.619. The van der Waals surface area contributed by atoms with Crippen molar-refractivity contribution in [2.24, 2.45) is 0 Å². The first-order valence-corrected chi connectivity index (χ1v) is 5.98. The standard InChI is InChI=1S/C16H13FO2/c1-11(16(17)19)13-8-5-9-14(10-13)15(18)12-6-3-2-4-7-12/h2-11H,1H3. The van der Waals surface area contributed by atoms with Crippen molar-refractivity contribution in [2.45, 2.75) is 12.8 Å². The van der Waals surface area contributed by atoms with Crippen LogP contribution in [-0.2, 0) is 4.79 Å². The minimum atomic E-state index is -1.40. The number of carbonyl (C=O) groups is 2. The van der Waals surface area contributed by atoms with Crippen molar-refractivity contribution in [1.29, 1.82) is 0 Å². The largest absolute Gasteiger partial charge is 0.308 e. The summed E-state index contributed by atoms with van der Waals surface area (Å²) in [5.74, 6) is -0.982. The predicted octanol–water partition coefficient (Wildman–Crippen LogP) is 3.52. The van der Waals surface area contributed by atoms with Gasteiger partial charge in [-0.1, -0.05) is 48.5 Å². The van der Waals surface area contributed by atoms with Crippen LogP contribution in [0, 0.1) is 0 Å². The molecule has 0 spiro atoms. The van der Waals surface area contributed by atoms with Gasteiger partial charge >= 0.3 is 6.04 Å². The van der Waals surface area contributed by atoms with Gasteiger partial charge in [0.15, 0.2) is 5.78 Å². The maximum absolute atomic E-state index is 12.7. The summed E-state index contributed by atoms with van der Waals surface area (Å²) in [4.78, 5) is 23.0. The molecule has 96 valence electrons. The summed E-state index contributed by atoms with van der Waals surface area (Å²) in [5, 5.41) is 0. The topological polar surface area (TPSA) is 34.1 Å². The van der Waals surface area contributed by atoms with E-state index in [1.54, 1.807) is 48.5 Å². The van der Waals surface area contributed by atoms with Crippen LogP contribution in [0.25, 0.3) is 0 Å². The lowest BCUT2D eigenvalue weighted by atomic mass is 9.96. The molecular formula is C16H13FO2. The Labute approximate surface area is 110 Å². The van der Waals surface area contributed by atoms with E-state index >= 15 is 0 Å². The molecule has 0 aliphatic carbocycles. The van der Waals surface area contributed by atoms with Gasteiger partial charge in [0, 0.05) is 11.1 Å². The molecule has 2 nitrogen and oxygen atoms in total. The van der Waals surface area contributed by atoms with E-state index in [1.807, 2.05) is 6.07 Å². The summed E-state index contributed by atoms with van der Waals surface area (Å²) < 4.78 is 12.7. The molecule has 2 rings (SSSR count). The highest BCUT2D eigenvalue weighted by Crippen LogP contribution is 2.19. The van der Waals surface area contributed by atoms with Crippen molar-refractivity contribution in [2.75, 3.05) is 0 Å². The number of halogens is 1. The average molecular weight is 256 g/mol. The van der Waals surface area contributed by atoms with Crippen LogP contribution >= 0.6 is 0 Å². The van der Waals surface area contributed by atoms with Crippen LogP contribution in [0.4, 0.5) is 4.39 Å². The molecule has 0 aliphatic rings. The minimum absolute atomic E-state index is 0.138. The summed E-state index contributed by atoms with van der Waals surface area (Å²) in [5.41, 5.74) is 1.53. The number of hydrogen-bond donors (Lipinski definition) is 0. The van der Waals surface area contributed by atoms with Gasteiger partial charge in [-0.3, -0.25) is 9.59 Å². The van der Waals surface area contributed by atoms with Gasteiger partial charge < -0.3 is 0 Å². The molecule has 0 aromatic heterocycles. The second kappa shape index (κ2) is 5.57. The van der Waals surface area contributed by atoms with E-state index < -0.39 is 12.0 Å². The fraction of sp³-hybridized carbons (Fsp3) is 0.125. The van der Waals surface area contributed by atoms with E-state index in [-0.39, 0.29) is 5.78 Å². The monoisotopic (exact) mass is 256 g/mol. The molecule has 19 heavy (non-hydrogen) atoms. The van der Waals surface area contributed by atoms with Gasteiger partial charge in [0.1, 0.15) is 0 Å². The molecule has 0 heterocycles. The molecule has 0 aliphatic heterocycles. The lowest BCUT2D eigenvalue weighted by molar-refractivity contribution is -0.130. The van der Waals surface area contributed by atoms with Crippen molar-refractivity contribution < 1.29 is 14.0 Å². The zero-order valence-electron chi connectivity index (χ0n) is 10.5. The predicted molar refractivity (Wildman–Crippen MR) is 70.8 cm³/mol. The Balaban J connectivity index is 2.34. The van der Waals surface area contributed by atoms with Crippen molar-refractivity contribution in [3.63, 3.8) is 0 Å². The summed E-state index contributed by atoms with van der Waals surface area (Å²) in [6, 6.07) is 14.0. The Morgan fingerprint density at radius 1 is 0.947 bits per heavy atom. The third kappa shape index (κ3) is 2.94. The Morgan fingerprint density at radius 2 is 1.58 bits per heavy atom. The van der Waals surface area contributed by atoms with E-state index in [1.165, 1.54) is 6.92 Å². The van der Waals surface area contributed by atoms with Crippen LogP contribution in [0.15, 0.2) is 54.6 Å². The Hall–Kier alpha value is -2.29. The highest BCUT2D eigenvalue weighted by Gasteiger charge is 2.16. The Kier molecular flexibility index (Phi) is 3.85. The van der Waals surface area contributed by atoms with Crippen molar-refractivity contribution in [3.05, 3.63) is 71.3 Å². The second-order valence-electron chi connectivity index (χ2n) is 4.35. The average Bonchev–Trinajstić information content (AvgIpc) is 2.46. The maximum Gasteiger partial charge on any atom is 0.308 e. The van der Waals surface area contributed by atoms with Crippen molar-refractivity contribution in [3.8, 4) is 0 Å². The fourth-order valence-corrected chi connectivity index (χ4v) is 1.84. The van der Waals surface area contributed by atoms with Gasteiger partial charge in [-0.2, -0.15) is 4.39 Å². The SMILES string of the molecule is CC(C(=O)F)c1cccc(C(=O)c2ccccc2)c1. The van der Waals surface area contributed by atoms with Crippen LogP contribution in [0.1, 0.15) is 34.3 Å². The van der Waals surface area contributed by atoms with Gasteiger partial charge in [0.2, 0.25) is 0 Å². The van der Waals surface area contributed by atoms with Crippen LogP contribution in [-0.4, -0.2) is 11.8 Å². The van der Waals surface area contributed by atoms with E-state index in [0.717, 1.165) is 0 Å². The molecule has 0 N–H and O–H groups in total. The lowest BCUT2D eigenvalue weighted by Crippen LogP contribution is -2.06. The normalized spacial score (nSPS) is 11.9. The molecule has 0 fully saturated rings. The first-order valence-electron chi connectivity index (χ1n) is 5.98. The van der Waals surface area contributed by atoms with Gasteiger partial charge in [-0.15, -0.1) is 0 Å². The second-order valence-corrected chi connectivity index (χ2v) is 4.35. The first kappa shape index (κ1) is 13.1. The highest BCUT2D eigenvalue weighted by atomic mass is 19.1. The summed E-state index contributed by atoms with van der Waals surface area (Å²) in [6.45, 7) is 1.48. The van der Waals surface area contributed by atoms with Gasteiger partial charge in [0.25, 0.3) is 0 Å². The molecule has 1 unspecified atom stereocenters. The van der Waals surface area contributed by atoms with Gasteiger partial charge in [0.05, 0.1) is 5.92 Å². The van der Waals surface area contributed by atoms with E-state index in [0.29, 0.717) is 16.7 Å². The fourth-order valence-electron chi connectivity index (χ4n) is 1.84. The van der Waals surface area contributed by atoms with E-state index in [4.69, 9.17) is 0 Å². The summed E-state index contributed by atoms with van der Waals surface area (Å²) in [7, 11) is 0. The molecule has 3 heteroatoms. The number of ketones is 1. The van der Waals surface area contributed by atoms with Crippen LogP contribution in [0.3, 0.4) is 0 Å². The molecular weight excluding hydrogens is 243 g/mol. The van der Waals surface area contributed by atoms with Crippen LogP contribution < -0.4 is 0 Å². The van der Waals surface area contributed by atoms with Crippen molar-refractivity contribution in [1.82, 2.24) is 0 Å². The molecule has 2 aromatic carbocycles. The third-order valence-electron chi connectivity index (χ3n) is 3.03. The number of rotatable bonds is 4.